The number of likely N-dealkylation sites (N-methyl/N-ethyl adjacent to an activating group) is 1. The van der Waals surface area contributed by atoms with Crippen LogP contribution in [0.3, 0.4) is 0 Å². The first-order chi connectivity index (χ1) is 39.4. The van der Waals surface area contributed by atoms with E-state index in [1.807, 2.05) is 42.5 Å². The second-order valence-corrected chi connectivity index (χ2v) is 22.7. The Hall–Kier alpha value is -6.56. The van der Waals surface area contributed by atoms with Crippen molar-refractivity contribution in [2.24, 2.45) is 17.8 Å². The molecule has 0 saturated carbocycles. The van der Waals surface area contributed by atoms with Crippen LogP contribution < -0.4 is 0 Å². The quantitative estimate of drug-likeness (QED) is 0.110. The number of ether oxygens (including phenoxy) is 14. The molecule has 83 heavy (non-hydrogen) atoms. The van der Waals surface area contributed by atoms with E-state index < -0.39 is 145 Å². The summed E-state index contributed by atoms with van der Waals surface area (Å²) in [7, 11) is 2.93. The normalized spacial score (nSPS) is 35.0. The topological polar surface area (TPSA) is 255 Å². The third-order valence-corrected chi connectivity index (χ3v) is 16.1. The van der Waals surface area contributed by atoms with Crippen molar-refractivity contribution in [2.75, 3.05) is 14.2 Å². The number of hydrogen-bond donors (Lipinski definition) is 1. The van der Waals surface area contributed by atoms with Crippen LogP contribution in [0.15, 0.2) is 91.0 Å². The molecule has 22 nitrogen and oxygen atoms in total. The first-order valence-corrected chi connectivity index (χ1v) is 28.2. The highest BCUT2D eigenvalue weighted by Crippen LogP contribution is 2.43. The lowest BCUT2D eigenvalue weighted by atomic mass is 9.79. The molecule has 4 aliphatic heterocycles. The molecule has 1 N–H and O–H groups in total. The van der Waals surface area contributed by atoms with Gasteiger partial charge in [-0.3, -0.25) is 9.59 Å². The maximum atomic E-state index is 15.0. The van der Waals surface area contributed by atoms with Crippen molar-refractivity contribution in [1.29, 1.82) is 0 Å². The molecule has 7 rings (SSSR count). The molecule has 3 aromatic carbocycles. The van der Waals surface area contributed by atoms with Gasteiger partial charge < -0.3 is 76.3 Å². The average Bonchev–Trinajstić information content (AvgIpc) is 3.66. The van der Waals surface area contributed by atoms with Crippen LogP contribution in [0.4, 0.5) is 19.2 Å². The van der Waals surface area contributed by atoms with Gasteiger partial charge in [-0.15, -0.1) is 0 Å². The fourth-order valence-corrected chi connectivity index (χ4v) is 11.6. The van der Waals surface area contributed by atoms with Gasteiger partial charge in [0.05, 0.1) is 47.9 Å². The molecule has 0 radical (unpaired) electrons. The van der Waals surface area contributed by atoms with Gasteiger partial charge in [0.25, 0.3) is 0 Å². The molecule has 4 aliphatic rings. The summed E-state index contributed by atoms with van der Waals surface area (Å²) < 4.78 is 85.6. The molecule has 0 bridgehead atoms. The minimum absolute atomic E-state index is 0.0549. The van der Waals surface area contributed by atoms with Crippen LogP contribution in [0.5, 0.6) is 0 Å². The van der Waals surface area contributed by atoms with Crippen molar-refractivity contribution in [1.82, 2.24) is 4.90 Å². The number of methoxy groups -OCH3 is 1. The van der Waals surface area contributed by atoms with Crippen LogP contribution >= 0.6 is 0 Å². The number of nitrogens with zero attached hydrogens (tertiary/aromatic N) is 1. The monoisotopic (exact) mass is 1160 g/mol. The van der Waals surface area contributed by atoms with E-state index in [4.69, 9.17) is 66.3 Å². The Morgan fingerprint density at radius 1 is 0.651 bits per heavy atom. The van der Waals surface area contributed by atoms with Crippen LogP contribution in [-0.2, 0) is 95.7 Å². The van der Waals surface area contributed by atoms with Crippen LogP contribution in [0, 0.1) is 17.8 Å². The highest BCUT2D eigenvalue weighted by molar-refractivity contribution is 5.76. The molecule has 0 aliphatic carbocycles. The summed E-state index contributed by atoms with van der Waals surface area (Å²) in [5.74, 6) is -5.25. The fraction of sp³-hybridized carbons (Fsp3) is 0.607. The Balaban J connectivity index is 1.27. The number of hydrogen-bond acceptors (Lipinski definition) is 21. The van der Waals surface area contributed by atoms with Crippen LogP contribution in [0.2, 0.25) is 0 Å². The van der Waals surface area contributed by atoms with Gasteiger partial charge in [0, 0.05) is 32.9 Å². The molecule has 3 aromatic rings. The van der Waals surface area contributed by atoms with Gasteiger partial charge in [-0.1, -0.05) is 105 Å². The minimum Gasteiger partial charge on any atom is -0.462 e. The lowest BCUT2D eigenvalue weighted by molar-refractivity contribution is -0.318. The summed E-state index contributed by atoms with van der Waals surface area (Å²) in [4.78, 5) is 84.5. The molecule has 22 heteroatoms. The fourth-order valence-electron chi connectivity index (χ4n) is 11.6. The largest absolute Gasteiger partial charge is 0.509 e. The SMILES string of the molecule is CC[C@H]1OC(=O)[C@H](C)[C@@H](O[C@H]2C[C@@](C)(OC)[C@@H](OC(=O)OCc3ccccc3)[C@H](C)O2)[C@H](C)[C@@H](O[C@@H]2O[C@H](C)C[C@H](N(C)C(=O)OCc3ccccc3)[C@H]2OC(=O)OCc2ccccc2)[C@](C)(O)C[C@@H](C)OC(=O)[C@@H](C)[C@H]2OC(=O)O[C@@]21C. The Morgan fingerprint density at radius 3 is 1.75 bits per heavy atom. The summed E-state index contributed by atoms with van der Waals surface area (Å²) in [6.07, 6.45) is -17.5. The van der Waals surface area contributed by atoms with E-state index in [1.54, 1.807) is 97.0 Å². The van der Waals surface area contributed by atoms with Crippen LogP contribution in [-0.4, -0.2) is 151 Å². The number of cyclic esters (lactones) is 2. The van der Waals surface area contributed by atoms with Gasteiger partial charge >= 0.3 is 36.5 Å². The standard InChI is InChI=1S/C61H81NO21/c1-13-45-61(10)50(81-58(68)83-61)39(6)53(64)74-36(3)30-59(8,69)49(37(4)47(38(5)52(63)77-45)78-46-31-60(9,70-12)51(40(7)76-46)82-57(67)73-34-43-27-21-16-22-28-43)80-54-48(79-56(66)72-33-42-25-19-15-20-26-42)44(29-35(2)75-54)62(11)55(65)71-32-41-23-17-14-18-24-41/h14-28,35-40,44-51,54,69H,13,29-34H2,1-12H3/t35-,36-,37+,38-,39+,40+,44+,45-,46+,47+,48-,49-,50-,51+,54+,59-,60-,61-/m1/s1. The second kappa shape index (κ2) is 27.9. The predicted molar refractivity (Wildman–Crippen MR) is 292 cm³/mol. The zero-order valence-electron chi connectivity index (χ0n) is 49.3. The van der Waals surface area contributed by atoms with Crippen molar-refractivity contribution in [2.45, 2.75) is 205 Å². The van der Waals surface area contributed by atoms with E-state index in [-0.39, 0.29) is 45.5 Å². The average molecular weight is 1160 g/mol. The molecule has 4 fully saturated rings. The highest BCUT2D eigenvalue weighted by Gasteiger charge is 2.60. The number of benzene rings is 3. The van der Waals surface area contributed by atoms with Crippen molar-refractivity contribution in [3.8, 4) is 0 Å². The van der Waals surface area contributed by atoms with Crippen molar-refractivity contribution < 1.29 is 100 Å². The summed E-state index contributed by atoms with van der Waals surface area (Å²) in [5.41, 5.74) is -2.93. The first kappa shape index (κ1) is 64.0. The predicted octanol–water partition coefficient (Wildman–Crippen LogP) is 9.12. The zero-order valence-corrected chi connectivity index (χ0v) is 49.3. The maximum absolute atomic E-state index is 15.0. The number of carbonyl (C=O) groups excluding carboxylic acids is 6. The van der Waals surface area contributed by atoms with Crippen molar-refractivity contribution in [3.63, 3.8) is 0 Å². The zero-order chi connectivity index (χ0) is 60.4. The van der Waals surface area contributed by atoms with E-state index in [0.29, 0.717) is 5.56 Å². The van der Waals surface area contributed by atoms with Gasteiger partial charge in [0.15, 0.2) is 36.5 Å². The highest BCUT2D eigenvalue weighted by atomic mass is 16.8. The summed E-state index contributed by atoms with van der Waals surface area (Å²) >= 11 is 0. The van der Waals surface area contributed by atoms with E-state index in [1.165, 1.54) is 39.8 Å². The Labute approximate surface area is 484 Å². The Kier molecular flexibility index (Phi) is 21.5. The van der Waals surface area contributed by atoms with Crippen LogP contribution in [0.1, 0.15) is 112 Å². The maximum Gasteiger partial charge on any atom is 0.509 e. The van der Waals surface area contributed by atoms with Crippen LogP contribution in [0.25, 0.3) is 0 Å². The van der Waals surface area contributed by atoms with E-state index in [2.05, 4.69) is 0 Å². The minimum atomic E-state index is -2.07. The molecular weight excluding hydrogens is 1080 g/mol. The molecule has 1 amide bonds. The Morgan fingerprint density at radius 2 is 1.19 bits per heavy atom. The summed E-state index contributed by atoms with van der Waals surface area (Å²) in [6.45, 7) is 15.7. The van der Waals surface area contributed by atoms with E-state index >= 15 is 4.79 Å². The lowest BCUT2D eigenvalue weighted by Crippen LogP contribution is -2.62. The first-order valence-electron chi connectivity index (χ1n) is 28.2. The van der Waals surface area contributed by atoms with Gasteiger partial charge in [-0.05, 0) is 84.9 Å². The smallest absolute Gasteiger partial charge is 0.462 e. The van der Waals surface area contributed by atoms with Gasteiger partial charge in [0.1, 0.15) is 37.6 Å². The molecule has 0 spiro atoms. The second-order valence-electron chi connectivity index (χ2n) is 22.7. The molecule has 456 valence electrons. The third-order valence-electron chi connectivity index (χ3n) is 16.1. The Bertz CT molecular complexity index is 2640. The van der Waals surface area contributed by atoms with E-state index in [9.17, 15) is 29.1 Å². The van der Waals surface area contributed by atoms with Crippen molar-refractivity contribution in [3.05, 3.63) is 108 Å². The third kappa shape index (κ3) is 15.8. The number of rotatable bonds is 15. The number of esters is 2. The summed E-state index contributed by atoms with van der Waals surface area (Å²) in [5, 5.41) is 13.1. The molecule has 4 heterocycles. The number of carbonyl (C=O) groups is 6. The van der Waals surface area contributed by atoms with Gasteiger partial charge in [-0.25, -0.2) is 19.2 Å². The number of amides is 1. The van der Waals surface area contributed by atoms with E-state index in [0.717, 1.165) is 11.1 Å². The van der Waals surface area contributed by atoms with Gasteiger partial charge in [0.2, 0.25) is 0 Å². The lowest BCUT2D eigenvalue weighted by Gasteiger charge is -2.49. The number of fused-ring (bicyclic) bond motifs is 1. The molecule has 18 atom stereocenters. The molecule has 4 saturated heterocycles. The molecule has 0 aromatic heterocycles. The number of aliphatic hydroxyl groups is 1. The summed E-state index contributed by atoms with van der Waals surface area (Å²) in [6, 6.07) is 26.0. The molecular formula is C61H81NO21. The van der Waals surface area contributed by atoms with Crippen molar-refractivity contribution >= 4 is 36.5 Å². The molecule has 0 unspecified atom stereocenters. The van der Waals surface area contributed by atoms with Gasteiger partial charge in [-0.2, -0.15) is 0 Å².